The average Bonchev–Trinajstić information content (AvgIpc) is 3.06. The molecule has 2 amide bonds. The van der Waals surface area contributed by atoms with E-state index in [2.05, 4.69) is 10.6 Å². The third-order valence-corrected chi connectivity index (χ3v) is 6.50. The maximum absolute atomic E-state index is 12.6. The zero-order chi connectivity index (χ0) is 21.3. The number of hydrogen-bond acceptors (Lipinski definition) is 5. The van der Waals surface area contributed by atoms with E-state index in [1.54, 1.807) is 12.1 Å². The monoisotopic (exact) mass is 446 g/mol. The normalized spacial score (nSPS) is 19.4. The summed E-state index contributed by atoms with van der Waals surface area (Å²) >= 11 is 7.35. The average molecular weight is 447 g/mol. The summed E-state index contributed by atoms with van der Waals surface area (Å²) in [6, 6.07) is 9.27. The Balaban J connectivity index is 1.40. The molecule has 0 saturated heterocycles. The number of carbonyl (C=O) groups is 2. The maximum atomic E-state index is 12.6. The van der Waals surface area contributed by atoms with E-state index in [4.69, 9.17) is 21.1 Å². The van der Waals surface area contributed by atoms with Gasteiger partial charge in [-0.05, 0) is 44.2 Å². The van der Waals surface area contributed by atoms with Gasteiger partial charge in [-0.15, -0.1) is 11.8 Å². The van der Waals surface area contributed by atoms with Crippen LogP contribution in [0.4, 0.5) is 5.69 Å². The van der Waals surface area contributed by atoms with Gasteiger partial charge in [-0.2, -0.15) is 0 Å². The number of ether oxygens (including phenoxy) is 2. The van der Waals surface area contributed by atoms with Gasteiger partial charge in [-0.25, -0.2) is 0 Å². The van der Waals surface area contributed by atoms with Gasteiger partial charge >= 0.3 is 0 Å². The molecule has 2 atom stereocenters. The molecule has 0 fully saturated rings. The molecule has 0 aliphatic carbocycles. The molecule has 2 N–H and O–H groups in total. The standard InChI is InChI=1S/C22H23ClN2O4S/c1-3-28-17-7-13-6-12(2)29-18(13)8-14(17)11-24-21(26)10-20-22(27)25-16-9-15(23)4-5-19(16)30-20/h4-5,7-9,12,20H,3,6,10-11H2,1-2H3,(H,24,26)(H,25,27)/t12-,20-/m1/s1. The highest BCUT2D eigenvalue weighted by Gasteiger charge is 2.29. The minimum Gasteiger partial charge on any atom is -0.494 e. The van der Waals surface area contributed by atoms with Crippen molar-refractivity contribution in [2.45, 2.75) is 49.5 Å². The van der Waals surface area contributed by atoms with Crippen molar-refractivity contribution in [3.05, 3.63) is 46.5 Å². The predicted octanol–water partition coefficient (Wildman–Crippen LogP) is 4.18. The quantitative estimate of drug-likeness (QED) is 0.696. The highest BCUT2D eigenvalue weighted by molar-refractivity contribution is 8.01. The zero-order valence-corrected chi connectivity index (χ0v) is 18.4. The second-order valence-corrected chi connectivity index (χ2v) is 9.03. The highest BCUT2D eigenvalue weighted by Crippen LogP contribution is 2.38. The van der Waals surface area contributed by atoms with Crippen molar-refractivity contribution in [2.24, 2.45) is 0 Å². The lowest BCUT2D eigenvalue weighted by molar-refractivity contribution is -0.124. The SMILES string of the molecule is CCOc1cc2c(cc1CNC(=O)C[C@H]1Sc3ccc(Cl)cc3NC1=O)O[C@H](C)C2. The molecule has 0 unspecified atom stereocenters. The molecule has 2 aromatic rings. The van der Waals surface area contributed by atoms with Crippen LogP contribution in [0.5, 0.6) is 11.5 Å². The van der Waals surface area contributed by atoms with Gasteiger partial charge < -0.3 is 20.1 Å². The van der Waals surface area contributed by atoms with Crippen LogP contribution in [0.3, 0.4) is 0 Å². The van der Waals surface area contributed by atoms with Gasteiger partial charge in [-0.3, -0.25) is 9.59 Å². The topological polar surface area (TPSA) is 76.7 Å². The molecule has 0 bridgehead atoms. The van der Waals surface area contributed by atoms with Crippen LogP contribution in [0.2, 0.25) is 5.02 Å². The number of amides is 2. The van der Waals surface area contributed by atoms with E-state index in [9.17, 15) is 9.59 Å². The largest absolute Gasteiger partial charge is 0.494 e. The van der Waals surface area contributed by atoms with Crippen molar-refractivity contribution in [3.8, 4) is 11.5 Å². The van der Waals surface area contributed by atoms with Gasteiger partial charge in [0.2, 0.25) is 11.8 Å². The summed E-state index contributed by atoms with van der Waals surface area (Å²) in [6.45, 7) is 4.81. The number of halogens is 1. The lowest BCUT2D eigenvalue weighted by Gasteiger charge is -2.24. The van der Waals surface area contributed by atoms with Crippen molar-refractivity contribution >= 4 is 40.9 Å². The number of benzene rings is 2. The van der Waals surface area contributed by atoms with E-state index in [0.29, 0.717) is 23.9 Å². The molecular weight excluding hydrogens is 424 g/mol. The summed E-state index contributed by atoms with van der Waals surface area (Å²) in [4.78, 5) is 25.8. The number of anilines is 1. The van der Waals surface area contributed by atoms with Crippen LogP contribution in [-0.4, -0.2) is 29.8 Å². The van der Waals surface area contributed by atoms with Gasteiger partial charge in [0.1, 0.15) is 17.6 Å². The molecular formula is C22H23ClN2O4S. The summed E-state index contributed by atoms with van der Waals surface area (Å²) < 4.78 is 11.6. The van der Waals surface area contributed by atoms with Crippen LogP contribution in [0, 0.1) is 0 Å². The van der Waals surface area contributed by atoms with Gasteiger partial charge in [0.15, 0.2) is 0 Å². The van der Waals surface area contributed by atoms with E-state index in [1.165, 1.54) is 11.8 Å². The van der Waals surface area contributed by atoms with Crippen molar-refractivity contribution in [3.63, 3.8) is 0 Å². The molecule has 2 heterocycles. The Morgan fingerprint density at radius 3 is 3.00 bits per heavy atom. The van der Waals surface area contributed by atoms with Gasteiger partial charge in [0.05, 0.1) is 17.5 Å². The Morgan fingerprint density at radius 1 is 1.37 bits per heavy atom. The van der Waals surface area contributed by atoms with Crippen molar-refractivity contribution < 1.29 is 19.1 Å². The molecule has 158 valence electrons. The third-order valence-electron chi connectivity index (χ3n) is 4.99. The number of hydrogen-bond donors (Lipinski definition) is 2. The van der Waals surface area contributed by atoms with E-state index in [1.807, 2.05) is 32.0 Å². The fourth-order valence-corrected chi connectivity index (χ4v) is 4.86. The van der Waals surface area contributed by atoms with Crippen LogP contribution in [0.25, 0.3) is 0 Å². The highest BCUT2D eigenvalue weighted by atomic mass is 35.5. The molecule has 0 radical (unpaired) electrons. The first-order valence-corrected chi connectivity index (χ1v) is 11.2. The van der Waals surface area contributed by atoms with Crippen LogP contribution in [-0.2, 0) is 22.6 Å². The first-order valence-electron chi connectivity index (χ1n) is 9.92. The van der Waals surface area contributed by atoms with Crippen molar-refractivity contribution in [1.29, 1.82) is 0 Å². The van der Waals surface area contributed by atoms with E-state index in [-0.39, 0.29) is 24.3 Å². The fraction of sp³-hybridized carbons (Fsp3) is 0.364. The molecule has 2 aliphatic heterocycles. The number of nitrogens with one attached hydrogen (secondary N) is 2. The third kappa shape index (κ3) is 4.52. The lowest BCUT2D eigenvalue weighted by atomic mass is 10.1. The number of thioether (sulfide) groups is 1. The zero-order valence-electron chi connectivity index (χ0n) is 16.8. The minimum atomic E-state index is -0.491. The fourth-order valence-electron chi connectivity index (χ4n) is 3.60. The number of rotatable bonds is 6. The molecule has 30 heavy (non-hydrogen) atoms. The van der Waals surface area contributed by atoms with E-state index < -0.39 is 5.25 Å². The summed E-state index contributed by atoms with van der Waals surface area (Å²) in [5.41, 5.74) is 2.66. The summed E-state index contributed by atoms with van der Waals surface area (Å²) in [5, 5.41) is 5.81. The maximum Gasteiger partial charge on any atom is 0.238 e. The Kier molecular flexibility index (Phi) is 6.11. The number of carbonyl (C=O) groups excluding carboxylic acids is 2. The second-order valence-electron chi connectivity index (χ2n) is 7.35. The number of fused-ring (bicyclic) bond motifs is 2. The Labute approximate surface area is 184 Å². The predicted molar refractivity (Wildman–Crippen MR) is 118 cm³/mol. The van der Waals surface area contributed by atoms with Gasteiger partial charge in [0, 0.05) is 40.4 Å². The summed E-state index contributed by atoms with van der Waals surface area (Å²) in [7, 11) is 0. The van der Waals surface area contributed by atoms with Crippen LogP contribution in [0.15, 0.2) is 35.2 Å². The Morgan fingerprint density at radius 2 is 2.20 bits per heavy atom. The molecule has 0 saturated carbocycles. The van der Waals surface area contributed by atoms with Gasteiger partial charge in [0.25, 0.3) is 0 Å². The summed E-state index contributed by atoms with van der Waals surface area (Å²) in [5.74, 6) is 1.20. The molecule has 2 aromatic carbocycles. The van der Waals surface area contributed by atoms with E-state index >= 15 is 0 Å². The Bertz CT molecular complexity index is 997. The molecule has 2 aliphatic rings. The lowest BCUT2D eigenvalue weighted by Crippen LogP contribution is -2.34. The smallest absolute Gasteiger partial charge is 0.238 e. The van der Waals surface area contributed by atoms with Gasteiger partial charge in [-0.1, -0.05) is 11.6 Å². The first kappa shape index (κ1) is 20.9. The molecule has 4 rings (SSSR count). The minimum absolute atomic E-state index is 0.0843. The molecule has 0 aromatic heterocycles. The van der Waals surface area contributed by atoms with Crippen LogP contribution >= 0.6 is 23.4 Å². The van der Waals surface area contributed by atoms with Crippen LogP contribution in [0.1, 0.15) is 31.4 Å². The molecule has 6 nitrogen and oxygen atoms in total. The Hall–Kier alpha value is -2.38. The van der Waals surface area contributed by atoms with Crippen molar-refractivity contribution in [2.75, 3.05) is 11.9 Å². The molecule has 0 spiro atoms. The summed E-state index contributed by atoms with van der Waals surface area (Å²) in [6.07, 6.45) is 1.07. The first-order chi connectivity index (χ1) is 14.4. The second kappa shape index (κ2) is 8.78. The molecule has 8 heteroatoms. The van der Waals surface area contributed by atoms with Crippen molar-refractivity contribution in [1.82, 2.24) is 5.32 Å². The van der Waals surface area contributed by atoms with E-state index in [0.717, 1.165) is 33.9 Å². The van der Waals surface area contributed by atoms with Crippen LogP contribution < -0.4 is 20.1 Å².